The van der Waals surface area contributed by atoms with Gasteiger partial charge in [-0.3, -0.25) is 9.80 Å². The maximum absolute atomic E-state index is 12.9. The lowest BCUT2D eigenvalue weighted by atomic mass is 10.0. The molecule has 1 aromatic heterocycles. The Bertz CT molecular complexity index is 1000. The summed E-state index contributed by atoms with van der Waals surface area (Å²) in [5.74, 6) is 7.11. The first-order chi connectivity index (χ1) is 14.0. The Hall–Kier alpha value is -3.29. The summed E-state index contributed by atoms with van der Waals surface area (Å²) in [6.07, 6.45) is 1.60. The van der Waals surface area contributed by atoms with E-state index < -0.39 is 0 Å². The molecule has 0 bridgehead atoms. The van der Waals surface area contributed by atoms with Crippen LogP contribution in [-0.2, 0) is 6.54 Å². The third kappa shape index (κ3) is 5.16. The molecule has 6 nitrogen and oxygen atoms in total. The van der Waals surface area contributed by atoms with E-state index in [1.54, 1.807) is 37.6 Å². The van der Waals surface area contributed by atoms with E-state index in [0.29, 0.717) is 23.5 Å². The van der Waals surface area contributed by atoms with Gasteiger partial charge in [0.05, 0.1) is 19.2 Å². The van der Waals surface area contributed by atoms with E-state index in [1.807, 2.05) is 43.3 Å². The Morgan fingerprint density at radius 3 is 2.48 bits per heavy atom. The molecule has 0 spiro atoms. The fraction of sp³-hybridized carbons (Fsp3) is 0.136. The molecule has 148 valence electrons. The zero-order chi connectivity index (χ0) is 20.8. The first-order valence-electron chi connectivity index (χ1n) is 9.00. The Morgan fingerprint density at radius 1 is 1.14 bits per heavy atom. The molecule has 0 aliphatic rings. The lowest BCUT2D eigenvalue weighted by molar-refractivity contribution is 0.103. The predicted octanol–water partition coefficient (Wildman–Crippen LogP) is 3.70. The highest BCUT2D eigenvalue weighted by Gasteiger charge is 2.16. The second kappa shape index (κ2) is 9.27. The first kappa shape index (κ1) is 20.4. The number of nitrogens with two attached hydrogens (primary N) is 1. The molecule has 7 heteroatoms. The fourth-order valence-electron chi connectivity index (χ4n) is 2.72. The largest absolute Gasteiger partial charge is 0.497 e. The number of aryl methyl sites for hydroxylation is 1. The number of hydrogen-bond acceptors (Lipinski definition) is 5. The van der Waals surface area contributed by atoms with E-state index in [2.05, 4.69) is 10.3 Å². The summed E-state index contributed by atoms with van der Waals surface area (Å²) in [4.78, 5) is 17.2. The van der Waals surface area contributed by atoms with Gasteiger partial charge in [-0.15, -0.1) is 0 Å². The summed E-state index contributed by atoms with van der Waals surface area (Å²) in [5, 5.41) is 4.65. The van der Waals surface area contributed by atoms with Crippen LogP contribution in [0.2, 0.25) is 0 Å². The lowest BCUT2D eigenvalue weighted by Gasteiger charge is -2.21. The summed E-state index contributed by atoms with van der Waals surface area (Å²) in [7, 11) is 1.62. The minimum atomic E-state index is -0.137. The van der Waals surface area contributed by atoms with Gasteiger partial charge in [0.1, 0.15) is 11.6 Å². The number of pyridine rings is 1. The third-order valence-electron chi connectivity index (χ3n) is 4.36. The smallest absolute Gasteiger partial charge is 0.196 e. The van der Waals surface area contributed by atoms with Crippen molar-refractivity contribution in [2.75, 3.05) is 12.4 Å². The van der Waals surface area contributed by atoms with E-state index in [4.69, 9.17) is 22.8 Å². The zero-order valence-corrected chi connectivity index (χ0v) is 17.1. The van der Waals surface area contributed by atoms with E-state index in [1.165, 1.54) is 5.01 Å². The van der Waals surface area contributed by atoms with Crippen LogP contribution in [0.3, 0.4) is 0 Å². The van der Waals surface area contributed by atoms with Crippen molar-refractivity contribution in [3.63, 3.8) is 0 Å². The van der Waals surface area contributed by atoms with E-state index in [-0.39, 0.29) is 10.9 Å². The summed E-state index contributed by atoms with van der Waals surface area (Å²) in [6.45, 7) is 2.37. The maximum Gasteiger partial charge on any atom is 0.196 e. The van der Waals surface area contributed by atoms with Gasteiger partial charge in [-0.2, -0.15) is 0 Å². The first-order valence-corrected chi connectivity index (χ1v) is 9.41. The number of carbonyl (C=O) groups is 1. The van der Waals surface area contributed by atoms with Crippen molar-refractivity contribution in [3.05, 3.63) is 89.1 Å². The number of methoxy groups -OCH3 is 1. The van der Waals surface area contributed by atoms with Crippen molar-refractivity contribution in [2.45, 2.75) is 13.5 Å². The molecule has 2 aromatic carbocycles. The molecule has 0 unspecified atom stereocenters. The van der Waals surface area contributed by atoms with Crippen LogP contribution in [0.5, 0.6) is 5.75 Å². The second-order valence-electron chi connectivity index (χ2n) is 6.50. The van der Waals surface area contributed by atoms with Crippen molar-refractivity contribution < 1.29 is 9.53 Å². The van der Waals surface area contributed by atoms with Crippen LogP contribution >= 0.6 is 12.2 Å². The predicted molar refractivity (Wildman–Crippen MR) is 118 cm³/mol. The summed E-state index contributed by atoms with van der Waals surface area (Å²) < 4.78 is 5.16. The summed E-state index contributed by atoms with van der Waals surface area (Å²) in [6, 6.07) is 18.4. The molecule has 0 radical (unpaired) electrons. The number of anilines is 1. The van der Waals surface area contributed by atoms with Crippen molar-refractivity contribution in [2.24, 2.45) is 5.84 Å². The SMILES string of the molecule is COc1ccc(CN(N)C(=S)Nc2ncccc2C(=O)c2ccc(C)cc2)cc1. The zero-order valence-electron chi connectivity index (χ0n) is 16.3. The van der Waals surface area contributed by atoms with Gasteiger partial charge in [-0.25, -0.2) is 10.8 Å². The molecule has 0 atom stereocenters. The van der Waals surface area contributed by atoms with Gasteiger partial charge in [-0.1, -0.05) is 42.0 Å². The minimum absolute atomic E-state index is 0.137. The molecule has 0 aliphatic heterocycles. The Kier molecular flexibility index (Phi) is 6.54. The highest BCUT2D eigenvalue weighted by molar-refractivity contribution is 7.80. The van der Waals surface area contributed by atoms with Gasteiger partial charge in [0, 0.05) is 11.8 Å². The second-order valence-corrected chi connectivity index (χ2v) is 6.89. The monoisotopic (exact) mass is 406 g/mol. The average Bonchev–Trinajstić information content (AvgIpc) is 2.74. The normalized spacial score (nSPS) is 10.3. The number of benzene rings is 2. The average molecular weight is 407 g/mol. The molecule has 0 saturated heterocycles. The number of carbonyl (C=O) groups excluding carboxylic acids is 1. The summed E-state index contributed by atoms with van der Waals surface area (Å²) in [5.41, 5.74) is 3.07. The van der Waals surface area contributed by atoms with Crippen LogP contribution in [0.4, 0.5) is 5.82 Å². The minimum Gasteiger partial charge on any atom is -0.497 e. The van der Waals surface area contributed by atoms with Gasteiger partial charge in [0.15, 0.2) is 10.9 Å². The molecule has 3 aromatic rings. The van der Waals surface area contributed by atoms with Crippen LogP contribution < -0.4 is 15.9 Å². The van der Waals surface area contributed by atoms with Gasteiger partial charge in [-0.05, 0) is 49.0 Å². The van der Waals surface area contributed by atoms with Crippen molar-refractivity contribution in [1.29, 1.82) is 0 Å². The van der Waals surface area contributed by atoms with Crippen LogP contribution in [0, 0.1) is 6.92 Å². The number of hydrazine groups is 1. The lowest BCUT2D eigenvalue weighted by Crippen LogP contribution is -2.40. The van der Waals surface area contributed by atoms with Gasteiger partial charge in [0.25, 0.3) is 0 Å². The molecule has 0 amide bonds. The number of ether oxygens (including phenoxy) is 1. The molecule has 3 N–H and O–H groups in total. The standard InChI is InChI=1S/C22H22N4O2S/c1-15-5-9-17(10-6-15)20(27)19-4-3-13-24-21(19)25-22(29)26(23)14-16-7-11-18(28-2)12-8-16/h3-13H,14,23H2,1-2H3,(H,24,25,29). The number of ketones is 1. The molecule has 29 heavy (non-hydrogen) atoms. The Labute approximate surface area is 175 Å². The van der Waals surface area contributed by atoms with E-state index >= 15 is 0 Å². The quantitative estimate of drug-likeness (QED) is 0.280. The maximum atomic E-state index is 12.9. The third-order valence-corrected chi connectivity index (χ3v) is 4.70. The Morgan fingerprint density at radius 2 is 1.83 bits per heavy atom. The molecule has 1 heterocycles. The topological polar surface area (TPSA) is 80.5 Å². The van der Waals surface area contributed by atoms with Crippen molar-refractivity contribution in [3.8, 4) is 5.75 Å². The molecule has 3 rings (SSSR count). The van der Waals surface area contributed by atoms with Crippen LogP contribution in [-0.4, -0.2) is 28.0 Å². The number of aromatic nitrogens is 1. The number of hydrogen-bond donors (Lipinski definition) is 2. The summed E-state index contributed by atoms with van der Waals surface area (Å²) >= 11 is 5.40. The number of nitrogens with one attached hydrogen (secondary N) is 1. The van der Waals surface area contributed by atoms with Crippen LogP contribution in [0.25, 0.3) is 0 Å². The van der Waals surface area contributed by atoms with E-state index in [0.717, 1.165) is 16.9 Å². The molecule has 0 fully saturated rings. The molecule has 0 saturated carbocycles. The van der Waals surface area contributed by atoms with Crippen molar-refractivity contribution >= 4 is 28.9 Å². The van der Waals surface area contributed by atoms with Gasteiger partial charge < -0.3 is 10.1 Å². The molecule has 0 aliphatic carbocycles. The fourth-order valence-corrected chi connectivity index (χ4v) is 2.88. The molecular formula is C22H22N4O2S. The molecular weight excluding hydrogens is 384 g/mol. The highest BCUT2D eigenvalue weighted by atomic mass is 32.1. The van der Waals surface area contributed by atoms with Gasteiger partial charge >= 0.3 is 0 Å². The highest BCUT2D eigenvalue weighted by Crippen LogP contribution is 2.18. The van der Waals surface area contributed by atoms with Gasteiger partial charge in [0.2, 0.25) is 0 Å². The van der Waals surface area contributed by atoms with Crippen LogP contribution in [0.15, 0.2) is 66.9 Å². The Balaban J connectivity index is 1.73. The number of nitrogens with zero attached hydrogens (tertiary/aromatic N) is 2. The number of rotatable bonds is 6. The van der Waals surface area contributed by atoms with Crippen LogP contribution in [0.1, 0.15) is 27.0 Å². The number of thiocarbonyl (C=S) groups is 1. The van der Waals surface area contributed by atoms with Crippen molar-refractivity contribution in [1.82, 2.24) is 9.99 Å². The van der Waals surface area contributed by atoms with E-state index in [9.17, 15) is 4.79 Å².